The quantitative estimate of drug-likeness (QED) is 0.743. The van der Waals surface area contributed by atoms with Crippen molar-refractivity contribution in [3.05, 3.63) is 77.0 Å². The maximum absolute atomic E-state index is 12.7. The van der Waals surface area contributed by atoms with Gasteiger partial charge in [0.05, 0.1) is 18.2 Å². The molecule has 0 bridgehead atoms. The Morgan fingerprint density at radius 3 is 2.08 bits per heavy atom. The largest absolute Gasteiger partial charge is 0.498 e. The predicted octanol–water partition coefficient (Wildman–Crippen LogP) is 4.78. The number of benzene rings is 2. The number of hydrogen-bond acceptors (Lipinski definition) is 2. The van der Waals surface area contributed by atoms with Crippen molar-refractivity contribution in [2.75, 3.05) is 7.11 Å². The van der Waals surface area contributed by atoms with E-state index in [1.54, 1.807) is 30.3 Å². The van der Waals surface area contributed by atoms with Crippen LogP contribution in [0.4, 0.5) is 13.2 Å². The van der Waals surface area contributed by atoms with Crippen LogP contribution in [0.15, 0.2) is 60.4 Å². The van der Waals surface area contributed by atoms with Gasteiger partial charge in [0.1, 0.15) is 5.76 Å². The number of alkyl halides is 4. The van der Waals surface area contributed by atoms with E-state index in [0.29, 0.717) is 11.1 Å². The van der Waals surface area contributed by atoms with E-state index in [2.05, 4.69) is 0 Å². The Kier molecular flexibility index (Phi) is 3.92. The highest BCUT2D eigenvalue weighted by Crippen LogP contribution is 2.52. The second kappa shape index (κ2) is 5.67. The highest BCUT2D eigenvalue weighted by atomic mass is 35.5. The molecule has 0 spiro atoms. The third-order valence-corrected chi connectivity index (χ3v) is 4.52. The zero-order chi connectivity index (χ0) is 17.5. The van der Waals surface area contributed by atoms with Crippen LogP contribution >= 0.6 is 11.6 Å². The first-order chi connectivity index (χ1) is 11.3. The molecule has 2 aromatic carbocycles. The van der Waals surface area contributed by atoms with Crippen molar-refractivity contribution >= 4 is 23.0 Å². The average molecular weight is 353 g/mol. The van der Waals surface area contributed by atoms with Crippen LogP contribution in [-0.2, 0) is 20.6 Å². The zero-order valence-electron chi connectivity index (χ0n) is 12.5. The molecule has 24 heavy (non-hydrogen) atoms. The van der Waals surface area contributed by atoms with Crippen molar-refractivity contribution < 1.29 is 22.7 Å². The van der Waals surface area contributed by atoms with Gasteiger partial charge in [-0.2, -0.15) is 13.2 Å². The molecule has 0 aromatic heterocycles. The Bertz CT molecular complexity index is 810. The fourth-order valence-electron chi connectivity index (χ4n) is 2.75. The summed E-state index contributed by atoms with van der Waals surface area (Å²) in [5, 5.41) is 0. The normalized spacial score (nSPS) is 20.8. The summed E-state index contributed by atoms with van der Waals surface area (Å²) in [7, 11) is 1.38. The summed E-state index contributed by atoms with van der Waals surface area (Å²) in [6.07, 6.45) is -4.43. The van der Waals surface area contributed by atoms with E-state index in [0.717, 1.165) is 12.1 Å². The third kappa shape index (κ3) is 2.40. The molecule has 2 aromatic rings. The van der Waals surface area contributed by atoms with Crippen LogP contribution < -0.4 is 0 Å². The fourth-order valence-corrected chi connectivity index (χ4v) is 3.14. The highest BCUT2D eigenvalue weighted by Gasteiger charge is 2.55. The number of Topliss-reactive ketones (excluding diaryl/α,β-unsaturated/α-hetero) is 1. The lowest BCUT2D eigenvalue weighted by Gasteiger charge is -2.38. The SMILES string of the molecule is COC1=C(c2ccc(C(F)(F)F)cc2)C(=O)C1(Cl)c1ccccc1. The molecule has 0 fully saturated rings. The standard InChI is InChI=1S/C18H12ClF3O2/c1-24-16-14(11-7-9-13(10-8-11)18(20,21)22)15(23)17(16,19)12-5-3-2-4-6-12/h2-10H,1H3. The zero-order valence-corrected chi connectivity index (χ0v) is 13.3. The second-order valence-corrected chi connectivity index (χ2v) is 5.90. The molecule has 0 radical (unpaired) electrons. The van der Waals surface area contributed by atoms with Crippen molar-refractivity contribution in [2.24, 2.45) is 0 Å². The van der Waals surface area contributed by atoms with Gasteiger partial charge in [0.15, 0.2) is 10.7 Å². The molecule has 1 unspecified atom stereocenters. The molecule has 2 nitrogen and oxygen atoms in total. The van der Waals surface area contributed by atoms with E-state index < -0.39 is 22.4 Å². The number of halogens is 4. The smallest absolute Gasteiger partial charge is 0.416 e. The van der Waals surface area contributed by atoms with Gasteiger partial charge < -0.3 is 4.74 Å². The van der Waals surface area contributed by atoms with Gasteiger partial charge >= 0.3 is 6.18 Å². The third-order valence-electron chi connectivity index (χ3n) is 3.96. The van der Waals surface area contributed by atoms with Crippen molar-refractivity contribution in [3.8, 4) is 0 Å². The topological polar surface area (TPSA) is 26.3 Å². The van der Waals surface area contributed by atoms with Gasteiger partial charge in [-0.1, -0.05) is 54.1 Å². The maximum atomic E-state index is 12.7. The molecule has 124 valence electrons. The van der Waals surface area contributed by atoms with Crippen LogP contribution in [0.5, 0.6) is 0 Å². The monoisotopic (exact) mass is 352 g/mol. The predicted molar refractivity (Wildman–Crippen MR) is 84.4 cm³/mol. The molecule has 1 aliphatic carbocycles. The number of carbonyl (C=O) groups is 1. The van der Waals surface area contributed by atoms with Gasteiger partial charge in [-0.3, -0.25) is 4.79 Å². The van der Waals surface area contributed by atoms with Gasteiger partial charge in [0.25, 0.3) is 0 Å². The minimum atomic E-state index is -4.43. The van der Waals surface area contributed by atoms with Gasteiger partial charge in [-0.15, -0.1) is 0 Å². The molecule has 0 amide bonds. The number of rotatable bonds is 3. The first-order valence-corrected chi connectivity index (χ1v) is 7.43. The molecule has 0 saturated carbocycles. The van der Waals surface area contributed by atoms with Crippen LogP contribution in [0.25, 0.3) is 5.57 Å². The van der Waals surface area contributed by atoms with Gasteiger partial charge in [0, 0.05) is 0 Å². The van der Waals surface area contributed by atoms with E-state index in [-0.39, 0.29) is 11.3 Å². The molecular weight excluding hydrogens is 341 g/mol. The number of ketones is 1. The minimum Gasteiger partial charge on any atom is -0.498 e. The summed E-state index contributed by atoms with van der Waals surface area (Å²) in [5.41, 5.74) is 0.323. The number of allylic oxidation sites excluding steroid dienone is 2. The summed E-state index contributed by atoms with van der Waals surface area (Å²) in [6.45, 7) is 0. The van der Waals surface area contributed by atoms with Crippen molar-refractivity contribution in [3.63, 3.8) is 0 Å². The lowest BCUT2D eigenvalue weighted by Crippen LogP contribution is -2.43. The number of methoxy groups -OCH3 is 1. The van der Waals surface area contributed by atoms with E-state index in [4.69, 9.17) is 16.3 Å². The second-order valence-electron chi connectivity index (χ2n) is 5.34. The van der Waals surface area contributed by atoms with Crippen molar-refractivity contribution in [1.82, 2.24) is 0 Å². The Morgan fingerprint density at radius 2 is 1.58 bits per heavy atom. The first-order valence-electron chi connectivity index (χ1n) is 7.05. The van der Waals surface area contributed by atoms with Crippen LogP contribution in [0, 0.1) is 0 Å². The maximum Gasteiger partial charge on any atom is 0.416 e. The summed E-state index contributed by atoms with van der Waals surface area (Å²) in [5.74, 6) is -0.160. The van der Waals surface area contributed by atoms with E-state index >= 15 is 0 Å². The van der Waals surface area contributed by atoms with Crippen LogP contribution in [0.1, 0.15) is 16.7 Å². The van der Waals surface area contributed by atoms with E-state index in [9.17, 15) is 18.0 Å². The molecule has 0 heterocycles. The van der Waals surface area contributed by atoms with Gasteiger partial charge in [-0.25, -0.2) is 0 Å². The molecule has 3 rings (SSSR count). The number of hydrogen-bond donors (Lipinski definition) is 0. The van der Waals surface area contributed by atoms with E-state index in [1.807, 2.05) is 0 Å². The van der Waals surface area contributed by atoms with Crippen LogP contribution in [0.3, 0.4) is 0 Å². The van der Waals surface area contributed by atoms with Gasteiger partial charge in [0.2, 0.25) is 0 Å². The Morgan fingerprint density at radius 1 is 1.00 bits per heavy atom. The molecular formula is C18H12ClF3O2. The number of ether oxygens (including phenoxy) is 1. The van der Waals surface area contributed by atoms with Crippen LogP contribution in [-0.4, -0.2) is 12.9 Å². The molecule has 1 aliphatic rings. The van der Waals surface area contributed by atoms with Crippen molar-refractivity contribution in [2.45, 2.75) is 11.1 Å². The first kappa shape index (κ1) is 16.6. The Hall–Kier alpha value is -2.27. The fraction of sp³-hybridized carbons (Fsp3) is 0.167. The summed E-state index contributed by atoms with van der Waals surface area (Å²) in [6, 6.07) is 13.0. The average Bonchev–Trinajstić information content (AvgIpc) is 2.58. The minimum absolute atomic E-state index is 0.199. The summed E-state index contributed by atoms with van der Waals surface area (Å²) in [4.78, 5) is 11.2. The highest BCUT2D eigenvalue weighted by molar-refractivity contribution is 6.52. The summed E-state index contributed by atoms with van der Waals surface area (Å²) >= 11 is 6.49. The Labute approximate surface area is 141 Å². The van der Waals surface area contributed by atoms with Crippen LogP contribution in [0.2, 0.25) is 0 Å². The molecule has 1 atom stereocenters. The molecule has 0 aliphatic heterocycles. The van der Waals surface area contributed by atoms with E-state index in [1.165, 1.54) is 19.2 Å². The Balaban J connectivity index is 2.05. The van der Waals surface area contributed by atoms with Crippen molar-refractivity contribution in [1.29, 1.82) is 0 Å². The van der Waals surface area contributed by atoms with Gasteiger partial charge in [-0.05, 0) is 23.3 Å². The number of carbonyl (C=O) groups excluding carboxylic acids is 1. The molecule has 0 N–H and O–H groups in total. The summed E-state index contributed by atoms with van der Waals surface area (Å²) < 4.78 is 43.3. The lowest BCUT2D eigenvalue weighted by molar-refractivity contribution is -0.137. The molecule has 0 saturated heterocycles. The molecule has 6 heteroatoms. The lowest BCUT2D eigenvalue weighted by atomic mass is 9.74.